The predicted molar refractivity (Wildman–Crippen MR) is 120 cm³/mol. The summed E-state index contributed by atoms with van der Waals surface area (Å²) in [6.07, 6.45) is -8.13. The maximum Gasteiger partial charge on any atom is 0.573 e. The number of nitrogens with one attached hydrogen (secondary N) is 1. The van der Waals surface area contributed by atoms with Crippen LogP contribution in [-0.2, 0) is 0 Å². The van der Waals surface area contributed by atoms with Crippen LogP contribution in [0.2, 0.25) is 0 Å². The lowest BCUT2D eigenvalue weighted by Crippen LogP contribution is -2.43. The highest BCUT2D eigenvalue weighted by Gasteiger charge is 2.33. The van der Waals surface area contributed by atoms with E-state index in [2.05, 4.69) is 19.7 Å². The van der Waals surface area contributed by atoms with Gasteiger partial charge in [0.25, 0.3) is 5.91 Å². The maximum absolute atomic E-state index is 12.3. The fourth-order valence-corrected chi connectivity index (χ4v) is 3.19. The summed E-state index contributed by atoms with van der Waals surface area (Å²) >= 11 is 0. The second kappa shape index (κ2) is 11.9. The Balaban J connectivity index is 0.000000281. The van der Waals surface area contributed by atoms with Crippen molar-refractivity contribution in [1.29, 1.82) is 0 Å². The van der Waals surface area contributed by atoms with Crippen molar-refractivity contribution in [2.45, 2.75) is 31.6 Å². The summed E-state index contributed by atoms with van der Waals surface area (Å²) in [5.74, 6) is -3.07. The van der Waals surface area contributed by atoms with Crippen molar-refractivity contribution in [2.24, 2.45) is 0 Å². The number of hydrogen-bond donors (Lipinski definition) is 4. The van der Waals surface area contributed by atoms with Gasteiger partial charge in [-0.25, -0.2) is 4.79 Å². The minimum atomic E-state index is -4.90. The molecule has 0 spiro atoms. The molecular weight excluding hydrogens is 514 g/mol. The summed E-state index contributed by atoms with van der Waals surface area (Å²) in [5.41, 5.74) is 9.92. The monoisotopic (exact) mass is 538 g/mol. The van der Waals surface area contributed by atoms with Crippen LogP contribution in [0.1, 0.15) is 33.6 Å². The molecule has 0 radical (unpaired) electrons. The van der Waals surface area contributed by atoms with Crippen LogP contribution >= 0.6 is 0 Å². The van der Waals surface area contributed by atoms with Crippen molar-refractivity contribution in [3.63, 3.8) is 0 Å². The molecule has 1 aliphatic heterocycles. The Labute approximate surface area is 206 Å². The largest absolute Gasteiger partial charge is 0.573 e. The van der Waals surface area contributed by atoms with Gasteiger partial charge in [-0.2, -0.15) is 0 Å². The molecule has 1 heterocycles. The first-order valence-corrected chi connectivity index (χ1v) is 10.6. The van der Waals surface area contributed by atoms with Crippen LogP contribution in [0.15, 0.2) is 36.4 Å². The number of anilines is 2. The molecule has 2 aromatic rings. The van der Waals surface area contributed by atoms with Gasteiger partial charge in [-0.3, -0.25) is 4.79 Å². The number of amides is 1. The van der Waals surface area contributed by atoms with Crippen LogP contribution in [0.25, 0.3) is 0 Å². The Morgan fingerprint density at radius 3 is 1.76 bits per heavy atom. The van der Waals surface area contributed by atoms with Gasteiger partial charge in [-0.15, -0.1) is 26.3 Å². The normalized spacial score (nSPS) is 14.8. The number of nitrogens with zero attached hydrogens (tertiary/aromatic N) is 1. The van der Waals surface area contributed by atoms with Crippen molar-refractivity contribution < 1.29 is 50.5 Å². The second-order valence-electron chi connectivity index (χ2n) is 7.96. The molecule has 0 aliphatic carbocycles. The highest BCUT2D eigenvalue weighted by Crippen LogP contribution is 2.30. The molecule has 15 heteroatoms. The molecule has 0 aromatic heterocycles. The summed E-state index contributed by atoms with van der Waals surface area (Å²) in [4.78, 5) is 24.7. The third-order valence-corrected chi connectivity index (χ3v) is 5.04. The maximum atomic E-state index is 12.3. The predicted octanol–water partition coefficient (Wildman–Crippen LogP) is 3.86. The minimum absolute atomic E-state index is 0.0215. The molecule has 9 nitrogen and oxygen atoms in total. The standard InChI is InChI=1S/C14H18F3N3O2.C8H6F3NO3/c1-20-6-4-10(5-7-20)19-13(21)9-2-3-11(18)12(8-9)22-14(15,16)17;9-8(10,11)15-6-3-4(7(13)14)1-2-5(6)12/h2-3,8,10H,4-7,18H2,1H3,(H,19,21);1-3H,12H2,(H,13,14). The molecule has 2 aromatic carbocycles. The number of carboxylic acids is 1. The summed E-state index contributed by atoms with van der Waals surface area (Å²) in [6.45, 7) is 1.74. The SMILES string of the molecule is CN1CCC(NC(=O)c2ccc(N)c(OC(F)(F)F)c2)CC1.Nc1ccc(C(=O)O)cc1OC(F)(F)F. The van der Waals surface area contributed by atoms with Crippen LogP contribution in [-0.4, -0.2) is 60.8 Å². The van der Waals surface area contributed by atoms with E-state index in [1.54, 1.807) is 0 Å². The van der Waals surface area contributed by atoms with E-state index in [4.69, 9.17) is 16.6 Å². The summed E-state index contributed by atoms with van der Waals surface area (Å²) < 4.78 is 79.7. The topological polar surface area (TPSA) is 140 Å². The van der Waals surface area contributed by atoms with Crippen molar-refractivity contribution in [1.82, 2.24) is 10.2 Å². The first-order valence-electron chi connectivity index (χ1n) is 10.6. The van der Waals surface area contributed by atoms with E-state index in [0.717, 1.165) is 44.1 Å². The Morgan fingerprint density at radius 1 is 0.892 bits per heavy atom. The number of nitrogens with two attached hydrogens (primary N) is 2. The fourth-order valence-electron chi connectivity index (χ4n) is 3.19. The van der Waals surface area contributed by atoms with Gasteiger partial charge in [0.1, 0.15) is 0 Å². The van der Waals surface area contributed by atoms with E-state index in [1.807, 2.05) is 7.05 Å². The van der Waals surface area contributed by atoms with Gasteiger partial charge in [-0.1, -0.05) is 0 Å². The molecule has 3 rings (SSSR count). The van der Waals surface area contributed by atoms with Crippen molar-refractivity contribution >= 4 is 23.3 Å². The molecule has 37 heavy (non-hydrogen) atoms. The smallest absolute Gasteiger partial charge is 0.478 e. The number of aromatic carboxylic acids is 1. The highest BCUT2D eigenvalue weighted by molar-refractivity contribution is 5.95. The lowest BCUT2D eigenvalue weighted by molar-refractivity contribution is -0.275. The van der Waals surface area contributed by atoms with E-state index in [9.17, 15) is 35.9 Å². The van der Waals surface area contributed by atoms with E-state index >= 15 is 0 Å². The van der Waals surface area contributed by atoms with Gasteiger partial charge in [-0.05, 0) is 69.4 Å². The van der Waals surface area contributed by atoms with E-state index in [0.29, 0.717) is 6.07 Å². The molecule has 0 bridgehead atoms. The third-order valence-electron chi connectivity index (χ3n) is 5.04. The fraction of sp³-hybridized carbons (Fsp3) is 0.364. The first kappa shape index (κ1) is 29.4. The van der Waals surface area contributed by atoms with Gasteiger partial charge < -0.3 is 36.3 Å². The van der Waals surface area contributed by atoms with E-state index < -0.39 is 36.1 Å². The number of likely N-dealkylation sites (tertiary alicyclic amines) is 1. The number of alkyl halides is 6. The number of rotatable bonds is 5. The zero-order valence-electron chi connectivity index (χ0n) is 19.3. The molecular formula is C22H24F6N4O5. The van der Waals surface area contributed by atoms with E-state index in [-0.39, 0.29) is 28.5 Å². The number of carbonyl (C=O) groups excluding carboxylic acids is 1. The van der Waals surface area contributed by atoms with Crippen molar-refractivity contribution in [3.05, 3.63) is 47.5 Å². The van der Waals surface area contributed by atoms with Crippen LogP contribution in [0.5, 0.6) is 11.5 Å². The molecule has 0 unspecified atom stereocenters. The zero-order chi connectivity index (χ0) is 28.0. The molecule has 204 valence electrons. The van der Waals surface area contributed by atoms with Gasteiger partial charge in [0.2, 0.25) is 0 Å². The molecule has 1 aliphatic rings. The van der Waals surface area contributed by atoms with Gasteiger partial charge >= 0.3 is 18.7 Å². The number of nitrogen functional groups attached to an aromatic ring is 2. The Bertz CT molecular complexity index is 1100. The Morgan fingerprint density at radius 2 is 1.32 bits per heavy atom. The molecule has 1 saturated heterocycles. The number of halogens is 6. The number of ether oxygens (including phenoxy) is 2. The average Bonchev–Trinajstić information content (AvgIpc) is 2.77. The second-order valence-corrected chi connectivity index (χ2v) is 7.96. The molecule has 1 amide bonds. The highest BCUT2D eigenvalue weighted by atomic mass is 19.4. The summed E-state index contributed by atoms with van der Waals surface area (Å²) in [6, 6.07) is 6.46. The van der Waals surface area contributed by atoms with Crippen molar-refractivity contribution in [3.8, 4) is 11.5 Å². The van der Waals surface area contributed by atoms with Crippen molar-refractivity contribution in [2.75, 3.05) is 31.6 Å². The zero-order valence-corrected chi connectivity index (χ0v) is 19.3. The van der Waals surface area contributed by atoms with Crippen LogP contribution in [0.4, 0.5) is 37.7 Å². The van der Waals surface area contributed by atoms with Crippen LogP contribution in [0.3, 0.4) is 0 Å². The average molecular weight is 538 g/mol. The van der Waals surface area contributed by atoms with Gasteiger partial charge in [0.15, 0.2) is 11.5 Å². The van der Waals surface area contributed by atoms with Gasteiger partial charge in [0.05, 0.1) is 16.9 Å². The van der Waals surface area contributed by atoms with Gasteiger partial charge in [0, 0.05) is 11.6 Å². The summed E-state index contributed by atoms with van der Waals surface area (Å²) in [5, 5.41) is 11.3. The molecule has 6 N–H and O–H groups in total. The summed E-state index contributed by atoms with van der Waals surface area (Å²) in [7, 11) is 2.00. The quantitative estimate of drug-likeness (QED) is 0.333. The van der Waals surface area contributed by atoms with Crippen LogP contribution in [0, 0.1) is 0 Å². The lowest BCUT2D eigenvalue weighted by Gasteiger charge is -2.29. The molecule has 0 saturated carbocycles. The Kier molecular flexibility index (Phi) is 9.44. The van der Waals surface area contributed by atoms with E-state index in [1.165, 1.54) is 12.1 Å². The number of hydrogen-bond acceptors (Lipinski definition) is 7. The first-order chi connectivity index (χ1) is 17.0. The number of piperidine rings is 1. The molecule has 1 fully saturated rings. The molecule has 0 atom stereocenters. The third kappa shape index (κ3) is 9.95. The van der Waals surface area contributed by atoms with Crippen LogP contribution < -0.4 is 26.3 Å². The lowest BCUT2D eigenvalue weighted by atomic mass is 10.0. The number of benzene rings is 2. The Hall–Kier alpha value is -3.88. The number of carboxylic acid groups (broad SMARTS) is 1. The minimum Gasteiger partial charge on any atom is -0.478 e. The number of carbonyl (C=O) groups is 2.